The summed E-state index contributed by atoms with van der Waals surface area (Å²) in [5.41, 5.74) is 0.531. The van der Waals surface area contributed by atoms with Gasteiger partial charge in [-0.3, -0.25) is 9.69 Å². The first-order valence-corrected chi connectivity index (χ1v) is 7.41. The Morgan fingerprint density at radius 1 is 1.52 bits per heavy atom. The number of benzene rings is 1. The summed E-state index contributed by atoms with van der Waals surface area (Å²) in [6.45, 7) is 5.15. The molecular formula is C16H22FNO3. The monoisotopic (exact) mass is 295 g/mol. The van der Waals surface area contributed by atoms with E-state index in [9.17, 15) is 14.3 Å². The highest BCUT2D eigenvalue weighted by Crippen LogP contribution is 2.25. The zero-order valence-electron chi connectivity index (χ0n) is 12.5. The lowest BCUT2D eigenvalue weighted by molar-refractivity contribution is -0.142. The Bertz CT molecular complexity index is 506. The molecule has 0 spiro atoms. The van der Waals surface area contributed by atoms with Gasteiger partial charge in [0.15, 0.2) is 0 Å². The summed E-state index contributed by atoms with van der Waals surface area (Å²) in [4.78, 5) is 13.3. The molecule has 5 heteroatoms. The molecule has 1 aromatic carbocycles. The number of carboxylic acids is 1. The average molecular weight is 295 g/mol. The zero-order chi connectivity index (χ0) is 15.4. The van der Waals surface area contributed by atoms with Crippen molar-refractivity contribution < 1.29 is 19.0 Å². The van der Waals surface area contributed by atoms with E-state index in [1.54, 1.807) is 19.1 Å². The van der Waals surface area contributed by atoms with Crippen LogP contribution >= 0.6 is 0 Å². The lowest BCUT2D eigenvalue weighted by Crippen LogP contribution is -2.36. The summed E-state index contributed by atoms with van der Waals surface area (Å²) in [5, 5.41) is 9.30. The molecule has 0 saturated carbocycles. The van der Waals surface area contributed by atoms with Crippen molar-refractivity contribution in [2.45, 2.75) is 45.3 Å². The lowest BCUT2D eigenvalue weighted by Gasteiger charge is -2.20. The van der Waals surface area contributed by atoms with Gasteiger partial charge in [-0.25, -0.2) is 4.39 Å². The average Bonchev–Trinajstić information content (AvgIpc) is 2.84. The van der Waals surface area contributed by atoms with Crippen LogP contribution in [0.4, 0.5) is 4.39 Å². The highest BCUT2D eigenvalue weighted by molar-refractivity contribution is 5.74. The molecule has 0 aliphatic carbocycles. The molecule has 2 atom stereocenters. The van der Waals surface area contributed by atoms with Gasteiger partial charge in [0, 0.05) is 13.0 Å². The van der Waals surface area contributed by atoms with Crippen LogP contribution in [0.5, 0.6) is 5.75 Å². The number of ether oxygens (including phenoxy) is 1. The number of likely N-dealkylation sites (tertiary alicyclic amines) is 1. The predicted octanol–water partition coefficient (Wildman–Crippen LogP) is 2.84. The Morgan fingerprint density at radius 3 is 2.90 bits per heavy atom. The normalized spacial score (nSPS) is 22.4. The Labute approximate surface area is 124 Å². The maximum absolute atomic E-state index is 13.2. The van der Waals surface area contributed by atoms with Crippen LogP contribution in [0, 0.1) is 12.7 Å². The van der Waals surface area contributed by atoms with Crippen LogP contribution < -0.4 is 4.74 Å². The summed E-state index contributed by atoms with van der Waals surface area (Å²) in [7, 11) is 0. The number of hydrogen-bond acceptors (Lipinski definition) is 3. The molecule has 0 aromatic heterocycles. The summed E-state index contributed by atoms with van der Waals surface area (Å²) in [6, 6.07) is 4.14. The van der Waals surface area contributed by atoms with Gasteiger partial charge in [0.2, 0.25) is 0 Å². The van der Waals surface area contributed by atoms with Gasteiger partial charge in [-0.1, -0.05) is 13.3 Å². The second-order valence-corrected chi connectivity index (χ2v) is 5.59. The number of halogens is 1. The largest absolute Gasteiger partial charge is 0.489 e. The Hall–Kier alpha value is -1.62. The van der Waals surface area contributed by atoms with Gasteiger partial charge in [0.1, 0.15) is 23.7 Å². The molecule has 0 bridgehead atoms. The third kappa shape index (κ3) is 3.94. The fraction of sp³-hybridized carbons (Fsp3) is 0.562. The van der Waals surface area contributed by atoms with Crippen LogP contribution in [0.2, 0.25) is 0 Å². The Morgan fingerprint density at radius 2 is 2.29 bits per heavy atom. The summed E-state index contributed by atoms with van der Waals surface area (Å²) in [6.07, 6.45) is 2.32. The predicted molar refractivity (Wildman–Crippen MR) is 78.1 cm³/mol. The van der Waals surface area contributed by atoms with Gasteiger partial charge in [-0.15, -0.1) is 0 Å². The second-order valence-electron chi connectivity index (χ2n) is 5.59. The van der Waals surface area contributed by atoms with Crippen molar-refractivity contribution in [3.05, 3.63) is 29.6 Å². The van der Waals surface area contributed by atoms with Crippen LogP contribution in [-0.2, 0) is 4.79 Å². The number of hydrogen-bond donors (Lipinski definition) is 1. The first kappa shape index (κ1) is 15.8. The van der Waals surface area contributed by atoms with Crippen molar-refractivity contribution in [3.8, 4) is 5.75 Å². The summed E-state index contributed by atoms with van der Waals surface area (Å²) >= 11 is 0. The first-order chi connectivity index (χ1) is 10.0. The molecule has 1 N–H and O–H groups in total. The quantitative estimate of drug-likeness (QED) is 0.876. The van der Waals surface area contributed by atoms with Crippen LogP contribution in [0.25, 0.3) is 0 Å². The first-order valence-electron chi connectivity index (χ1n) is 7.41. The Balaban J connectivity index is 2.01. The topological polar surface area (TPSA) is 49.8 Å². The number of aliphatic carboxylic acids is 1. The smallest absolute Gasteiger partial charge is 0.321 e. The van der Waals surface area contributed by atoms with Gasteiger partial charge >= 0.3 is 5.97 Å². The fourth-order valence-electron chi connectivity index (χ4n) is 2.70. The van der Waals surface area contributed by atoms with Crippen molar-refractivity contribution in [3.63, 3.8) is 0 Å². The molecule has 1 aliphatic rings. The van der Waals surface area contributed by atoms with Gasteiger partial charge in [0.05, 0.1) is 0 Å². The number of aryl methyl sites for hydroxylation is 1. The zero-order valence-corrected chi connectivity index (χ0v) is 12.5. The van der Waals surface area contributed by atoms with Crippen molar-refractivity contribution in [1.82, 2.24) is 4.90 Å². The molecule has 0 amide bonds. The van der Waals surface area contributed by atoms with Crippen molar-refractivity contribution in [2.24, 2.45) is 0 Å². The molecule has 2 unspecified atom stereocenters. The van der Waals surface area contributed by atoms with E-state index in [-0.39, 0.29) is 11.9 Å². The third-order valence-electron chi connectivity index (χ3n) is 3.88. The molecule has 116 valence electrons. The van der Waals surface area contributed by atoms with Crippen molar-refractivity contribution >= 4 is 5.97 Å². The highest BCUT2D eigenvalue weighted by Gasteiger charge is 2.37. The molecule has 1 saturated heterocycles. The second kappa shape index (κ2) is 6.89. The number of nitrogens with zero attached hydrogens (tertiary/aromatic N) is 1. The van der Waals surface area contributed by atoms with Crippen molar-refractivity contribution in [2.75, 3.05) is 13.1 Å². The van der Waals surface area contributed by atoms with E-state index < -0.39 is 12.0 Å². The summed E-state index contributed by atoms with van der Waals surface area (Å²) in [5.74, 6) is -0.463. The van der Waals surface area contributed by atoms with E-state index in [0.717, 1.165) is 19.4 Å². The number of unbranched alkanes of at least 4 members (excludes halogenated alkanes) is 1. The molecule has 4 nitrogen and oxygen atoms in total. The van der Waals surface area contributed by atoms with Crippen LogP contribution in [0.15, 0.2) is 18.2 Å². The van der Waals surface area contributed by atoms with Gasteiger partial charge in [-0.2, -0.15) is 0 Å². The van der Waals surface area contributed by atoms with Crippen LogP contribution in [0.1, 0.15) is 31.7 Å². The SMILES string of the molecule is CCCCN1CC(Oc2ccc(F)c(C)c2)CC1C(=O)O. The van der Waals surface area contributed by atoms with Gasteiger partial charge in [-0.05, 0) is 43.7 Å². The number of carboxylic acid groups (broad SMARTS) is 1. The van der Waals surface area contributed by atoms with E-state index in [0.29, 0.717) is 24.3 Å². The highest BCUT2D eigenvalue weighted by atomic mass is 19.1. The molecule has 21 heavy (non-hydrogen) atoms. The maximum atomic E-state index is 13.2. The maximum Gasteiger partial charge on any atom is 0.321 e. The van der Waals surface area contributed by atoms with Crippen LogP contribution in [0.3, 0.4) is 0 Å². The minimum absolute atomic E-state index is 0.159. The van der Waals surface area contributed by atoms with Gasteiger partial charge in [0.25, 0.3) is 0 Å². The van der Waals surface area contributed by atoms with Gasteiger partial charge < -0.3 is 9.84 Å². The third-order valence-corrected chi connectivity index (χ3v) is 3.88. The fourth-order valence-corrected chi connectivity index (χ4v) is 2.70. The Kier molecular flexibility index (Phi) is 5.17. The van der Waals surface area contributed by atoms with E-state index in [2.05, 4.69) is 6.92 Å². The minimum atomic E-state index is -0.799. The number of carbonyl (C=O) groups is 1. The number of rotatable bonds is 6. The molecule has 1 aromatic rings. The standard InChI is InChI=1S/C16H22FNO3/c1-3-4-7-18-10-13(9-15(18)16(19)20)21-12-5-6-14(17)11(2)8-12/h5-6,8,13,15H,3-4,7,9-10H2,1-2H3,(H,19,20). The minimum Gasteiger partial charge on any atom is -0.489 e. The van der Waals surface area contributed by atoms with Crippen LogP contribution in [-0.4, -0.2) is 41.2 Å². The molecule has 2 rings (SSSR count). The van der Waals surface area contributed by atoms with E-state index in [4.69, 9.17) is 4.74 Å². The summed E-state index contributed by atoms with van der Waals surface area (Å²) < 4.78 is 19.1. The molecular weight excluding hydrogens is 273 g/mol. The lowest BCUT2D eigenvalue weighted by atomic mass is 10.2. The molecule has 1 heterocycles. The molecule has 1 aliphatic heterocycles. The van der Waals surface area contributed by atoms with Crippen molar-refractivity contribution in [1.29, 1.82) is 0 Å². The van der Waals surface area contributed by atoms with E-state index in [1.807, 2.05) is 4.90 Å². The van der Waals surface area contributed by atoms with E-state index >= 15 is 0 Å². The molecule has 1 fully saturated rings. The van der Waals surface area contributed by atoms with E-state index in [1.165, 1.54) is 6.07 Å². The molecule has 0 radical (unpaired) electrons.